The summed E-state index contributed by atoms with van der Waals surface area (Å²) in [5.74, 6) is 2.75. The molecule has 19 heavy (non-hydrogen) atoms. The van der Waals surface area contributed by atoms with Crippen LogP contribution in [0.15, 0.2) is 0 Å². The lowest BCUT2D eigenvalue weighted by molar-refractivity contribution is 0.0162. The fourth-order valence-corrected chi connectivity index (χ4v) is 4.74. The summed E-state index contributed by atoms with van der Waals surface area (Å²) in [6.07, 6.45) is 7.31. The van der Waals surface area contributed by atoms with Gasteiger partial charge >= 0.3 is 0 Å². The largest absolute Gasteiger partial charge is 0.298 e. The Morgan fingerprint density at radius 1 is 1.05 bits per heavy atom. The van der Waals surface area contributed by atoms with E-state index in [4.69, 9.17) is 0 Å². The molecule has 4 unspecified atom stereocenters. The van der Waals surface area contributed by atoms with Crippen molar-refractivity contribution in [2.45, 2.75) is 65.0 Å². The standard InChI is InChI=1S/C17H32N2/c1-13(2)17-12-18-9-5-8-16(18)11-19(17)10-15-7-4-6-14(15)3/h13-17H,4-12H2,1-3H3. The van der Waals surface area contributed by atoms with E-state index in [0.29, 0.717) is 0 Å². The number of rotatable bonds is 3. The number of nitrogens with zero attached hydrogens (tertiary/aromatic N) is 2. The molecule has 0 bridgehead atoms. The molecule has 0 amide bonds. The van der Waals surface area contributed by atoms with E-state index < -0.39 is 0 Å². The molecule has 0 spiro atoms. The van der Waals surface area contributed by atoms with Crippen molar-refractivity contribution in [2.24, 2.45) is 17.8 Å². The van der Waals surface area contributed by atoms with Crippen molar-refractivity contribution in [1.82, 2.24) is 9.80 Å². The van der Waals surface area contributed by atoms with Gasteiger partial charge in [-0.3, -0.25) is 9.80 Å². The van der Waals surface area contributed by atoms with E-state index in [1.807, 2.05) is 0 Å². The Labute approximate surface area is 119 Å². The van der Waals surface area contributed by atoms with Gasteiger partial charge in [0.2, 0.25) is 0 Å². The normalized spacial score (nSPS) is 41.1. The van der Waals surface area contributed by atoms with E-state index in [0.717, 1.165) is 29.8 Å². The summed E-state index contributed by atoms with van der Waals surface area (Å²) in [7, 11) is 0. The lowest BCUT2D eigenvalue weighted by atomic mass is 9.92. The van der Waals surface area contributed by atoms with E-state index in [-0.39, 0.29) is 0 Å². The molecule has 0 aromatic rings. The molecular formula is C17H32N2. The summed E-state index contributed by atoms with van der Waals surface area (Å²) < 4.78 is 0. The smallest absolute Gasteiger partial charge is 0.0247 e. The van der Waals surface area contributed by atoms with Crippen molar-refractivity contribution in [3.05, 3.63) is 0 Å². The molecule has 0 aromatic heterocycles. The number of piperazine rings is 1. The summed E-state index contributed by atoms with van der Waals surface area (Å²) in [6, 6.07) is 1.69. The summed E-state index contributed by atoms with van der Waals surface area (Å²) in [5, 5.41) is 0. The highest BCUT2D eigenvalue weighted by Gasteiger charge is 2.39. The molecular weight excluding hydrogens is 232 g/mol. The van der Waals surface area contributed by atoms with Crippen molar-refractivity contribution in [1.29, 1.82) is 0 Å². The van der Waals surface area contributed by atoms with Gasteiger partial charge in [-0.2, -0.15) is 0 Å². The van der Waals surface area contributed by atoms with Gasteiger partial charge in [0, 0.05) is 31.7 Å². The highest BCUT2D eigenvalue weighted by Crippen LogP contribution is 2.34. The van der Waals surface area contributed by atoms with Gasteiger partial charge in [-0.15, -0.1) is 0 Å². The Balaban J connectivity index is 1.66. The van der Waals surface area contributed by atoms with Crippen LogP contribution in [0.25, 0.3) is 0 Å². The van der Waals surface area contributed by atoms with Crippen LogP contribution >= 0.6 is 0 Å². The molecule has 3 fully saturated rings. The number of fused-ring (bicyclic) bond motifs is 1. The fraction of sp³-hybridized carbons (Fsp3) is 1.00. The third kappa shape index (κ3) is 2.85. The average molecular weight is 264 g/mol. The van der Waals surface area contributed by atoms with Gasteiger partial charge in [0.25, 0.3) is 0 Å². The van der Waals surface area contributed by atoms with Crippen molar-refractivity contribution in [3.63, 3.8) is 0 Å². The maximum absolute atomic E-state index is 2.88. The predicted molar refractivity (Wildman–Crippen MR) is 81.3 cm³/mol. The maximum Gasteiger partial charge on any atom is 0.0247 e. The van der Waals surface area contributed by atoms with Gasteiger partial charge in [0.05, 0.1) is 0 Å². The van der Waals surface area contributed by atoms with E-state index in [9.17, 15) is 0 Å². The molecule has 1 aliphatic carbocycles. The highest BCUT2D eigenvalue weighted by molar-refractivity contribution is 4.94. The minimum absolute atomic E-state index is 0.804. The zero-order valence-electron chi connectivity index (χ0n) is 13.1. The summed E-state index contributed by atoms with van der Waals surface area (Å²) in [4.78, 5) is 5.66. The molecule has 110 valence electrons. The van der Waals surface area contributed by atoms with Crippen molar-refractivity contribution < 1.29 is 0 Å². The highest BCUT2D eigenvalue weighted by atomic mass is 15.3. The Morgan fingerprint density at radius 2 is 1.89 bits per heavy atom. The first-order chi connectivity index (χ1) is 9.15. The molecule has 3 rings (SSSR count). The molecule has 2 saturated heterocycles. The van der Waals surface area contributed by atoms with Crippen LogP contribution in [0.2, 0.25) is 0 Å². The van der Waals surface area contributed by atoms with E-state index >= 15 is 0 Å². The molecule has 2 nitrogen and oxygen atoms in total. The van der Waals surface area contributed by atoms with Crippen molar-refractivity contribution in [2.75, 3.05) is 26.2 Å². The molecule has 0 radical (unpaired) electrons. The molecule has 4 atom stereocenters. The second-order valence-electron chi connectivity index (χ2n) is 7.72. The van der Waals surface area contributed by atoms with Crippen LogP contribution in [0, 0.1) is 17.8 Å². The van der Waals surface area contributed by atoms with Gasteiger partial charge in [-0.25, -0.2) is 0 Å². The third-order valence-electron chi connectivity index (χ3n) is 6.11. The van der Waals surface area contributed by atoms with Crippen LogP contribution < -0.4 is 0 Å². The SMILES string of the molecule is CC(C)C1CN2CCCC2CN1CC1CCCC1C. The third-order valence-corrected chi connectivity index (χ3v) is 6.11. The number of hydrogen-bond donors (Lipinski definition) is 0. The fourth-order valence-electron chi connectivity index (χ4n) is 4.74. The topological polar surface area (TPSA) is 6.48 Å². The summed E-state index contributed by atoms with van der Waals surface area (Å²) >= 11 is 0. The number of hydrogen-bond acceptors (Lipinski definition) is 2. The van der Waals surface area contributed by atoms with Gasteiger partial charge in [0.1, 0.15) is 0 Å². The maximum atomic E-state index is 2.88. The van der Waals surface area contributed by atoms with Gasteiger partial charge < -0.3 is 0 Å². The summed E-state index contributed by atoms with van der Waals surface area (Å²) in [5.41, 5.74) is 0. The molecule has 2 heterocycles. The van der Waals surface area contributed by atoms with Gasteiger partial charge in [-0.1, -0.05) is 33.6 Å². The minimum atomic E-state index is 0.804. The first-order valence-corrected chi connectivity index (χ1v) is 8.63. The van der Waals surface area contributed by atoms with Crippen molar-refractivity contribution >= 4 is 0 Å². The Morgan fingerprint density at radius 3 is 2.58 bits per heavy atom. The second-order valence-corrected chi connectivity index (χ2v) is 7.72. The van der Waals surface area contributed by atoms with Crippen LogP contribution in [0.5, 0.6) is 0 Å². The predicted octanol–water partition coefficient (Wildman–Crippen LogP) is 3.23. The monoisotopic (exact) mass is 264 g/mol. The second kappa shape index (κ2) is 5.73. The van der Waals surface area contributed by atoms with Crippen LogP contribution in [0.1, 0.15) is 52.9 Å². The Kier molecular flexibility index (Phi) is 4.19. The minimum Gasteiger partial charge on any atom is -0.298 e. The first kappa shape index (κ1) is 13.9. The van der Waals surface area contributed by atoms with E-state index in [1.165, 1.54) is 58.3 Å². The van der Waals surface area contributed by atoms with E-state index in [2.05, 4.69) is 30.6 Å². The van der Waals surface area contributed by atoms with E-state index in [1.54, 1.807) is 0 Å². The van der Waals surface area contributed by atoms with Crippen LogP contribution in [-0.2, 0) is 0 Å². The van der Waals surface area contributed by atoms with Crippen LogP contribution in [0.4, 0.5) is 0 Å². The average Bonchev–Trinajstić information content (AvgIpc) is 2.97. The van der Waals surface area contributed by atoms with Crippen LogP contribution in [-0.4, -0.2) is 48.1 Å². The van der Waals surface area contributed by atoms with Gasteiger partial charge in [0.15, 0.2) is 0 Å². The molecule has 0 N–H and O–H groups in total. The zero-order valence-corrected chi connectivity index (χ0v) is 13.1. The van der Waals surface area contributed by atoms with Crippen LogP contribution in [0.3, 0.4) is 0 Å². The molecule has 1 saturated carbocycles. The Bertz CT molecular complexity index is 302. The van der Waals surface area contributed by atoms with Gasteiger partial charge in [-0.05, 0) is 43.6 Å². The molecule has 2 heteroatoms. The molecule has 2 aliphatic heterocycles. The zero-order chi connectivity index (χ0) is 13.4. The van der Waals surface area contributed by atoms with Crippen molar-refractivity contribution in [3.8, 4) is 0 Å². The lowest BCUT2D eigenvalue weighted by Gasteiger charge is -2.46. The Hall–Kier alpha value is -0.0800. The molecule has 3 aliphatic rings. The lowest BCUT2D eigenvalue weighted by Crippen LogP contribution is -2.58. The molecule has 0 aromatic carbocycles. The quantitative estimate of drug-likeness (QED) is 0.772. The summed E-state index contributed by atoms with van der Waals surface area (Å²) in [6.45, 7) is 12.8. The first-order valence-electron chi connectivity index (χ1n) is 8.63.